The number of rotatable bonds is 9. The molecule has 0 atom stereocenters. The van der Waals surface area contributed by atoms with E-state index in [1.807, 2.05) is 0 Å². The molecule has 1 amide bonds. The van der Waals surface area contributed by atoms with Gasteiger partial charge in [0.2, 0.25) is 0 Å². The first-order valence-electron chi connectivity index (χ1n) is 11.1. The first-order valence-corrected chi connectivity index (χ1v) is 12.9. The van der Waals surface area contributed by atoms with E-state index in [9.17, 15) is 31.2 Å². The van der Waals surface area contributed by atoms with Gasteiger partial charge in [-0.2, -0.15) is 18.3 Å². The third-order valence-corrected chi connectivity index (χ3v) is 7.20. The van der Waals surface area contributed by atoms with Crippen molar-refractivity contribution in [3.05, 3.63) is 82.9 Å². The molecule has 10 nitrogen and oxygen atoms in total. The van der Waals surface area contributed by atoms with Gasteiger partial charge >= 0.3 is 12.3 Å². The van der Waals surface area contributed by atoms with Gasteiger partial charge in [-0.25, -0.2) is 18.6 Å². The van der Waals surface area contributed by atoms with Gasteiger partial charge in [-0.15, -0.1) is 0 Å². The molecule has 0 saturated heterocycles. The number of benzene rings is 3. The van der Waals surface area contributed by atoms with E-state index in [4.69, 9.17) is 21.1 Å². The molecule has 0 radical (unpaired) electrons. The second-order valence-electron chi connectivity index (χ2n) is 7.75. The molecule has 0 bridgehead atoms. The van der Waals surface area contributed by atoms with E-state index in [2.05, 4.69) is 15.3 Å². The van der Waals surface area contributed by atoms with E-state index >= 15 is 0 Å². The minimum Gasteiger partial charge on any atom is -0.493 e. The number of halogens is 4. The van der Waals surface area contributed by atoms with Crippen LogP contribution in [0.2, 0.25) is 5.02 Å². The van der Waals surface area contributed by atoms with Crippen molar-refractivity contribution in [3.63, 3.8) is 0 Å². The van der Waals surface area contributed by atoms with Crippen LogP contribution in [-0.2, 0) is 25.7 Å². The molecule has 0 heterocycles. The number of nitrogens with zero attached hydrogens (tertiary/aromatic N) is 2. The van der Waals surface area contributed by atoms with Crippen molar-refractivity contribution >= 4 is 45.6 Å². The Bertz CT molecular complexity index is 1520. The molecule has 0 unspecified atom stereocenters. The lowest BCUT2D eigenvalue weighted by Gasteiger charge is -2.25. The largest absolute Gasteiger partial charge is 0.513 e. The van der Waals surface area contributed by atoms with Crippen LogP contribution in [0.25, 0.3) is 0 Å². The number of carbonyl (C=O) groups excluding carboxylic acids is 2. The van der Waals surface area contributed by atoms with Crippen molar-refractivity contribution in [2.24, 2.45) is 5.10 Å². The zero-order valence-electron chi connectivity index (χ0n) is 20.8. The Morgan fingerprint density at radius 2 is 1.73 bits per heavy atom. The van der Waals surface area contributed by atoms with Crippen molar-refractivity contribution in [1.82, 2.24) is 5.43 Å². The number of carbonyl (C=O) groups is 2. The average molecular weight is 600 g/mol. The van der Waals surface area contributed by atoms with E-state index in [1.165, 1.54) is 55.8 Å². The van der Waals surface area contributed by atoms with Crippen molar-refractivity contribution < 1.29 is 45.4 Å². The summed E-state index contributed by atoms with van der Waals surface area (Å²) in [7, 11) is -2.08. The maximum Gasteiger partial charge on any atom is 0.513 e. The Morgan fingerprint density at radius 1 is 1.02 bits per heavy atom. The highest BCUT2D eigenvalue weighted by molar-refractivity contribution is 7.92. The van der Waals surface area contributed by atoms with E-state index in [1.54, 1.807) is 6.07 Å². The van der Waals surface area contributed by atoms with Gasteiger partial charge in [-0.05, 0) is 54.1 Å². The van der Waals surface area contributed by atoms with Gasteiger partial charge in [-0.3, -0.25) is 9.10 Å². The van der Waals surface area contributed by atoms with Crippen LogP contribution in [0.15, 0.2) is 76.7 Å². The monoisotopic (exact) mass is 599 g/mol. The topological polar surface area (TPSA) is 124 Å². The van der Waals surface area contributed by atoms with Gasteiger partial charge in [0.15, 0.2) is 11.5 Å². The Morgan fingerprint density at radius 3 is 2.35 bits per heavy atom. The lowest BCUT2D eigenvalue weighted by molar-refractivity contribution is -0.137. The van der Waals surface area contributed by atoms with Crippen LogP contribution < -0.4 is 19.2 Å². The summed E-state index contributed by atoms with van der Waals surface area (Å²) in [6, 6.07) is 13.2. The first-order chi connectivity index (χ1) is 18.9. The van der Waals surface area contributed by atoms with Gasteiger partial charge in [-0.1, -0.05) is 29.8 Å². The maximum atomic E-state index is 13.4. The normalized spacial score (nSPS) is 11.7. The van der Waals surface area contributed by atoms with Gasteiger partial charge in [0.1, 0.15) is 6.54 Å². The highest BCUT2D eigenvalue weighted by atomic mass is 35.5. The molecule has 0 aromatic heterocycles. The number of hydrazone groups is 1. The standard InChI is InChI=1S/C25H21ClF3N3O7S/c1-37-22-12-16(8-11-21(22)39-24(34)38-2)14-30-31-23(33)15-32(40(35,36)18-6-4-3-5-7-18)20-13-17(25(27,28)29)9-10-19(20)26/h3-14H,15H2,1-2H3,(H,31,33)/b30-14-. The quantitative estimate of drug-likeness (QED) is 0.161. The lowest BCUT2D eigenvalue weighted by atomic mass is 10.2. The first kappa shape index (κ1) is 30.2. The third kappa shape index (κ3) is 7.42. The number of amides is 1. The highest BCUT2D eigenvalue weighted by Gasteiger charge is 2.34. The second-order valence-corrected chi connectivity index (χ2v) is 10.0. The van der Waals surface area contributed by atoms with E-state index in [0.29, 0.717) is 22.0 Å². The molecular weight excluding hydrogens is 579 g/mol. The van der Waals surface area contributed by atoms with Gasteiger partial charge in [0.25, 0.3) is 15.9 Å². The molecule has 0 fully saturated rings. The molecule has 15 heteroatoms. The Labute approximate surface area is 231 Å². The number of hydrogen-bond donors (Lipinski definition) is 1. The summed E-state index contributed by atoms with van der Waals surface area (Å²) < 4.78 is 81.9. The summed E-state index contributed by atoms with van der Waals surface area (Å²) in [4.78, 5) is 23.8. The Balaban J connectivity index is 1.88. The van der Waals surface area contributed by atoms with Crippen LogP contribution in [0.5, 0.6) is 11.5 Å². The predicted molar refractivity (Wildman–Crippen MR) is 139 cm³/mol. The molecule has 212 valence electrons. The number of ether oxygens (including phenoxy) is 3. The summed E-state index contributed by atoms with van der Waals surface area (Å²) in [5.74, 6) is -0.794. The van der Waals surface area contributed by atoms with E-state index < -0.39 is 46.1 Å². The number of nitrogens with one attached hydrogen (secondary N) is 1. The molecule has 0 saturated carbocycles. The van der Waals surface area contributed by atoms with Crippen LogP contribution in [0, 0.1) is 0 Å². The molecule has 0 aliphatic carbocycles. The summed E-state index contributed by atoms with van der Waals surface area (Å²) in [6.07, 6.45) is -4.59. The minimum atomic E-state index is -4.80. The van der Waals surface area contributed by atoms with Crippen LogP contribution >= 0.6 is 11.6 Å². The van der Waals surface area contributed by atoms with Crippen molar-refractivity contribution in [2.75, 3.05) is 25.1 Å². The molecule has 40 heavy (non-hydrogen) atoms. The molecule has 0 aliphatic rings. The molecule has 0 spiro atoms. The number of sulfonamides is 1. The number of anilines is 1. The Hall–Kier alpha value is -4.30. The van der Waals surface area contributed by atoms with E-state index in [0.717, 1.165) is 13.2 Å². The third-order valence-electron chi connectivity index (χ3n) is 5.11. The van der Waals surface area contributed by atoms with Crippen molar-refractivity contribution in [2.45, 2.75) is 11.1 Å². The molecule has 1 N–H and O–H groups in total. The summed E-state index contributed by atoms with van der Waals surface area (Å²) in [5.41, 5.74) is 0.794. The summed E-state index contributed by atoms with van der Waals surface area (Å²) >= 11 is 6.10. The fourth-order valence-corrected chi connectivity index (χ4v) is 4.95. The zero-order chi connectivity index (χ0) is 29.5. The zero-order valence-corrected chi connectivity index (χ0v) is 22.4. The maximum absolute atomic E-state index is 13.4. The lowest BCUT2D eigenvalue weighted by Crippen LogP contribution is -2.40. The number of hydrogen-bond acceptors (Lipinski definition) is 8. The second kappa shape index (κ2) is 12.7. The SMILES string of the molecule is COC(=O)Oc1ccc(/C=N\NC(=O)CN(c2cc(C(F)(F)F)ccc2Cl)S(=O)(=O)c2ccccc2)cc1OC. The molecular formula is C25H21ClF3N3O7S. The van der Waals surface area contributed by atoms with Gasteiger partial charge in [0, 0.05) is 0 Å². The molecule has 3 rings (SSSR count). The van der Waals surface area contributed by atoms with Crippen LogP contribution in [0.1, 0.15) is 11.1 Å². The summed E-state index contributed by atoms with van der Waals surface area (Å²) in [5, 5.41) is 3.43. The summed E-state index contributed by atoms with van der Waals surface area (Å²) in [6.45, 7) is -0.954. The fourth-order valence-electron chi connectivity index (χ4n) is 3.22. The smallest absolute Gasteiger partial charge is 0.493 e. The average Bonchev–Trinajstić information content (AvgIpc) is 2.92. The fraction of sp³-hybridized carbons (Fsp3) is 0.160. The minimum absolute atomic E-state index is 0.0512. The van der Waals surface area contributed by atoms with Crippen LogP contribution in [0.3, 0.4) is 0 Å². The van der Waals surface area contributed by atoms with Crippen molar-refractivity contribution in [1.29, 1.82) is 0 Å². The molecule has 3 aromatic rings. The number of methoxy groups -OCH3 is 2. The predicted octanol–water partition coefficient (Wildman–Crippen LogP) is 4.86. The Kier molecular flexibility index (Phi) is 9.60. The molecule has 3 aromatic carbocycles. The van der Waals surface area contributed by atoms with Gasteiger partial charge < -0.3 is 14.2 Å². The number of alkyl halides is 3. The highest BCUT2D eigenvalue weighted by Crippen LogP contribution is 2.37. The molecule has 0 aliphatic heterocycles. The van der Waals surface area contributed by atoms with Crippen molar-refractivity contribution in [3.8, 4) is 11.5 Å². The van der Waals surface area contributed by atoms with E-state index in [-0.39, 0.29) is 21.4 Å². The van der Waals surface area contributed by atoms with Crippen LogP contribution in [-0.4, -0.2) is 47.5 Å². The van der Waals surface area contributed by atoms with Crippen LogP contribution in [0.4, 0.5) is 23.7 Å². The van der Waals surface area contributed by atoms with Gasteiger partial charge in [0.05, 0.1) is 41.6 Å².